The quantitative estimate of drug-likeness (QED) is 0.360. The number of aliphatic hydroxyl groups is 2. The minimum Gasteiger partial charge on any atom is -0.394 e. The van der Waals surface area contributed by atoms with E-state index in [2.05, 4.69) is 9.97 Å². The number of hydrogen-bond acceptors (Lipinski definition) is 11. The molecule has 1 saturated heterocycles. The average molecular weight is 460 g/mol. The zero-order valence-electron chi connectivity index (χ0n) is 18.3. The first-order valence-corrected chi connectivity index (χ1v) is 10.8. The molecule has 1 fully saturated rings. The van der Waals surface area contributed by atoms with E-state index >= 15 is 0 Å². The van der Waals surface area contributed by atoms with E-state index in [1.54, 1.807) is 18.2 Å². The Morgan fingerprint density at radius 3 is 2.91 bits per heavy atom. The zero-order valence-corrected chi connectivity index (χ0v) is 18.3. The van der Waals surface area contributed by atoms with Crippen LogP contribution in [0, 0.1) is 16.0 Å². The minimum atomic E-state index is -0.768. The molecule has 4 rings (SSSR count). The predicted molar refractivity (Wildman–Crippen MR) is 119 cm³/mol. The lowest BCUT2D eigenvalue weighted by Crippen LogP contribution is -2.40. The van der Waals surface area contributed by atoms with E-state index in [0.717, 1.165) is 0 Å². The lowest BCUT2D eigenvalue weighted by atomic mass is 10.0. The molecule has 12 heteroatoms. The normalized spacial score (nSPS) is 23.1. The summed E-state index contributed by atoms with van der Waals surface area (Å²) in [7, 11) is 0. The summed E-state index contributed by atoms with van der Waals surface area (Å²) in [5.74, 6) is 0.929. The molecule has 12 nitrogen and oxygen atoms in total. The van der Waals surface area contributed by atoms with Gasteiger partial charge in [-0.1, -0.05) is 25.1 Å². The number of nitrogens with zero attached hydrogens (tertiary/aromatic N) is 5. The molecule has 0 saturated carbocycles. The van der Waals surface area contributed by atoms with Gasteiger partial charge >= 0.3 is 0 Å². The fourth-order valence-electron chi connectivity index (χ4n) is 4.28. The third-order valence-corrected chi connectivity index (χ3v) is 5.88. The van der Waals surface area contributed by atoms with Gasteiger partial charge in [0.1, 0.15) is 31.1 Å². The number of hydrogen-bond donors (Lipinski definition) is 3. The van der Waals surface area contributed by atoms with Crippen molar-refractivity contribution >= 4 is 23.0 Å². The molecule has 4 atom stereocenters. The van der Waals surface area contributed by atoms with Gasteiger partial charge in [-0.2, -0.15) is 0 Å². The number of anilines is 3. The summed E-state index contributed by atoms with van der Waals surface area (Å²) in [6.07, 6.45) is 0.335. The fraction of sp³-hybridized carbons (Fsp3) is 0.524. The molecule has 2 unspecified atom stereocenters. The van der Waals surface area contributed by atoms with Crippen molar-refractivity contribution in [3.63, 3.8) is 0 Å². The lowest BCUT2D eigenvalue weighted by molar-refractivity contribution is -0.385. The number of fused-ring (bicyclic) bond motifs is 1. The number of nitrogen functional groups attached to an aromatic ring is 1. The Bertz CT molecular complexity index is 993. The highest BCUT2D eigenvalue weighted by molar-refractivity contribution is 5.81. The average Bonchev–Trinajstić information content (AvgIpc) is 3.35. The van der Waals surface area contributed by atoms with E-state index < -0.39 is 18.4 Å². The molecule has 0 amide bonds. The van der Waals surface area contributed by atoms with Crippen molar-refractivity contribution in [1.29, 1.82) is 0 Å². The predicted octanol–water partition coefficient (Wildman–Crippen LogP) is 0.872. The van der Waals surface area contributed by atoms with Crippen LogP contribution in [0.15, 0.2) is 30.6 Å². The number of para-hydroxylation sites is 1. The molecule has 178 valence electrons. The van der Waals surface area contributed by atoms with Gasteiger partial charge in [0, 0.05) is 18.1 Å². The Morgan fingerprint density at radius 1 is 1.39 bits per heavy atom. The first-order valence-electron chi connectivity index (χ1n) is 10.8. The Kier molecular flexibility index (Phi) is 6.88. The first-order chi connectivity index (χ1) is 15.9. The third-order valence-electron chi connectivity index (χ3n) is 5.88. The summed E-state index contributed by atoms with van der Waals surface area (Å²) in [5, 5.41) is 30.7. The smallest absolute Gasteiger partial charge is 0.272 e. The molecule has 3 heterocycles. The van der Waals surface area contributed by atoms with Crippen molar-refractivity contribution in [3.8, 4) is 0 Å². The summed E-state index contributed by atoms with van der Waals surface area (Å²) in [4.78, 5) is 23.0. The topological polar surface area (TPSA) is 160 Å². The highest BCUT2D eigenvalue weighted by Crippen LogP contribution is 2.40. The maximum Gasteiger partial charge on any atom is 0.272 e. The Morgan fingerprint density at radius 2 is 2.18 bits per heavy atom. The van der Waals surface area contributed by atoms with E-state index in [-0.39, 0.29) is 29.9 Å². The van der Waals surface area contributed by atoms with Crippen LogP contribution >= 0.6 is 0 Å². The molecule has 2 aliphatic rings. The van der Waals surface area contributed by atoms with Crippen molar-refractivity contribution in [2.24, 2.45) is 5.92 Å². The molecule has 0 aliphatic carbocycles. The molecular weight excluding hydrogens is 432 g/mol. The van der Waals surface area contributed by atoms with E-state index in [4.69, 9.17) is 15.2 Å². The van der Waals surface area contributed by atoms with Crippen molar-refractivity contribution < 1.29 is 24.6 Å². The van der Waals surface area contributed by atoms with Gasteiger partial charge in [-0.15, -0.1) is 0 Å². The first kappa shape index (κ1) is 23.1. The number of benzene rings is 1. The van der Waals surface area contributed by atoms with Crippen LogP contribution in [0.1, 0.15) is 18.9 Å². The van der Waals surface area contributed by atoms with E-state index in [0.29, 0.717) is 49.0 Å². The van der Waals surface area contributed by atoms with Crippen molar-refractivity contribution in [3.05, 3.63) is 46.3 Å². The molecule has 1 aromatic heterocycles. The number of ether oxygens (including phenoxy) is 2. The monoisotopic (exact) mass is 460 g/mol. The van der Waals surface area contributed by atoms with Crippen LogP contribution in [0.3, 0.4) is 0 Å². The van der Waals surface area contributed by atoms with Crippen molar-refractivity contribution in [1.82, 2.24) is 9.97 Å². The van der Waals surface area contributed by atoms with Crippen LogP contribution in [-0.2, 0) is 15.9 Å². The van der Waals surface area contributed by atoms with E-state index in [1.807, 2.05) is 16.7 Å². The van der Waals surface area contributed by atoms with Gasteiger partial charge in [-0.25, -0.2) is 9.97 Å². The van der Waals surface area contributed by atoms with E-state index in [9.17, 15) is 20.3 Å². The second-order valence-corrected chi connectivity index (χ2v) is 8.39. The summed E-state index contributed by atoms with van der Waals surface area (Å²) >= 11 is 0. The fourth-order valence-corrected chi connectivity index (χ4v) is 4.28. The van der Waals surface area contributed by atoms with Gasteiger partial charge in [-0.05, 0) is 12.3 Å². The maximum atomic E-state index is 11.2. The van der Waals surface area contributed by atoms with Crippen LogP contribution in [0.4, 0.5) is 23.0 Å². The molecule has 0 spiro atoms. The van der Waals surface area contributed by atoms with Crippen molar-refractivity contribution in [2.45, 2.75) is 38.2 Å². The van der Waals surface area contributed by atoms with Crippen LogP contribution in [0.5, 0.6) is 0 Å². The molecule has 2 aliphatic heterocycles. The van der Waals surface area contributed by atoms with Gasteiger partial charge in [0.05, 0.1) is 30.9 Å². The number of nitro groups is 1. The minimum absolute atomic E-state index is 0.0484. The number of aromatic nitrogens is 2. The summed E-state index contributed by atoms with van der Waals surface area (Å²) in [6, 6.07) is 6.71. The summed E-state index contributed by atoms with van der Waals surface area (Å²) in [6.45, 7) is 2.67. The van der Waals surface area contributed by atoms with Crippen LogP contribution in [0.25, 0.3) is 0 Å². The third kappa shape index (κ3) is 4.83. The van der Waals surface area contributed by atoms with Crippen LogP contribution in [-0.4, -0.2) is 70.2 Å². The van der Waals surface area contributed by atoms with Crippen LogP contribution in [0.2, 0.25) is 0 Å². The van der Waals surface area contributed by atoms with Gasteiger partial charge < -0.3 is 35.2 Å². The molecule has 0 radical (unpaired) electrons. The van der Waals surface area contributed by atoms with Gasteiger partial charge in [0.25, 0.3) is 5.69 Å². The number of nitro benzene ring substituents is 1. The highest BCUT2D eigenvalue weighted by Gasteiger charge is 2.42. The molecule has 0 bridgehead atoms. The van der Waals surface area contributed by atoms with Gasteiger partial charge in [0.2, 0.25) is 0 Å². The Labute approximate surface area is 190 Å². The second-order valence-electron chi connectivity index (χ2n) is 8.39. The number of aliphatic hydroxyl groups excluding tert-OH is 2. The van der Waals surface area contributed by atoms with Gasteiger partial charge in [-0.3, -0.25) is 10.1 Å². The number of rotatable bonds is 9. The maximum absolute atomic E-state index is 11.2. The molecule has 33 heavy (non-hydrogen) atoms. The standard InChI is InChI=1S/C21H28N6O6/c1-13(6-14-4-2-3-5-15(14)27(30)31)9-32-12-25-11-26(18-7-16(29)17(8-28)33-18)21-19(25)20(22)23-10-24-21/h2-5,10,13,16-18,28-29H,6-9,11-12H2,1H3,(H2,22,23,24)/t13?,16?,17-,18-/m1/s1. The largest absolute Gasteiger partial charge is 0.394 e. The number of nitrogens with two attached hydrogens (primary N) is 1. The second kappa shape index (κ2) is 9.83. The Hall–Kier alpha value is -3.06. The Balaban J connectivity index is 1.38. The SMILES string of the molecule is CC(COCN1CN([C@H]2CC(O)[C@@H](CO)O2)c2ncnc(N)c21)Cc1ccccc1[N+](=O)[O-]. The van der Waals surface area contributed by atoms with E-state index in [1.165, 1.54) is 12.4 Å². The summed E-state index contributed by atoms with van der Waals surface area (Å²) < 4.78 is 11.7. The molecule has 1 aromatic carbocycles. The molecular formula is C21H28N6O6. The van der Waals surface area contributed by atoms with Gasteiger partial charge in [0.15, 0.2) is 11.6 Å². The zero-order chi connectivity index (χ0) is 23.5. The molecule has 4 N–H and O–H groups in total. The summed E-state index contributed by atoms with van der Waals surface area (Å²) in [5.41, 5.74) is 7.51. The van der Waals surface area contributed by atoms with Crippen molar-refractivity contribution in [2.75, 3.05) is 42.1 Å². The van der Waals surface area contributed by atoms with Crippen LogP contribution < -0.4 is 15.5 Å². The lowest BCUT2D eigenvalue weighted by Gasteiger charge is -2.26. The molecule has 2 aromatic rings. The highest BCUT2D eigenvalue weighted by atomic mass is 16.6.